The zero-order chi connectivity index (χ0) is 19.3. The van der Waals surface area contributed by atoms with Gasteiger partial charge in [0.2, 0.25) is 0 Å². The van der Waals surface area contributed by atoms with Gasteiger partial charge >= 0.3 is 12.3 Å². The molecule has 7 heteroatoms. The SMILES string of the molecule is CC(C)(C)OC(=O)N1C2CCC1CC(O)(c1ccc(C(F)(F)F)cc1)C2. The Labute approximate surface area is 150 Å². The molecule has 2 heterocycles. The fraction of sp³-hybridized carbons (Fsp3) is 0.632. The van der Waals surface area contributed by atoms with Gasteiger partial charge in [0, 0.05) is 24.9 Å². The molecule has 1 N–H and O–H groups in total. The number of halogens is 3. The van der Waals surface area contributed by atoms with Crippen molar-refractivity contribution < 1.29 is 27.8 Å². The van der Waals surface area contributed by atoms with Crippen molar-refractivity contribution in [1.29, 1.82) is 0 Å². The number of piperidine rings is 1. The Morgan fingerprint density at radius 2 is 1.62 bits per heavy atom. The van der Waals surface area contributed by atoms with E-state index in [0.717, 1.165) is 25.0 Å². The molecule has 0 spiro atoms. The first-order valence-corrected chi connectivity index (χ1v) is 8.80. The highest BCUT2D eigenvalue weighted by Gasteiger charge is 2.51. The normalized spacial score (nSPS) is 29.0. The molecule has 144 valence electrons. The Morgan fingerprint density at radius 1 is 1.12 bits per heavy atom. The van der Waals surface area contributed by atoms with Crippen molar-refractivity contribution in [3.63, 3.8) is 0 Å². The molecule has 0 aliphatic carbocycles. The molecule has 0 saturated carbocycles. The minimum atomic E-state index is -4.40. The molecule has 0 radical (unpaired) electrons. The number of carbonyl (C=O) groups excluding carboxylic acids is 1. The van der Waals surface area contributed by atoms with Crippen molar-refractivity contribution in [3.05, 3.63) is 35.4 Å². The van der Waals surface area contributed by atoms with Crippen molar-refractivity contribution in [2.24, 2.45) is 0 Å². The van der Waals surface area contributed by atoms with Gasteiger partial charge in [-0.05, 0) is 51.3 Å². The highest BCUT2D eigenvalue weighted by atomic mass is 19.4. The molecule has 1 aromatic rings. The van der Waals surface area contributed by atoms with Crippen LogP contribution >= 0.6 is 0 Å². The number of alkyl halides is 3. The van der Waals surface area contributed by atoms with Gasteiger partial charge in [-0.15, -0.1) is 0 Å². The number of hydrogen-bond donors (Lipinski definition) is 1. The lowest BCUT2D eigenvalue weighted by Gasteiger charge is -2.44. The third-order valence-electron chi connectivity index (χ3n) is 5.12. The van der Waals surface area contributed by atoms with Crippen molar-refractivity contribution in [3.8, 4) is 0 Å². The van der Waals surface area contributed by atoms with Gasteiger partial charge in [-0.1, -0.05) is 12.1 Å². The Bertz CT molecular complexity index is 665. The molecule has 2 fully saturated rings. The third kappa shape index (κ3) is 3.68. The van der Waals surface area contributed by atoms with Gasteiger partial charge in [0.05, 0.1) is 11.2 Å². The maximum atomic E-state index is 12.7. The van der Waals surface area contributed by atoms with Crippen LogP contribution in [-0.4, -0.2) is 33.8 Å². The standard InChI is InChI=1S/C19H24F3NO3/c1-17(2,3)26-16(24)23-14-8-9-15(23)11-18(25,10-14)12-4-6-13(7-5-12)19(20,21)22/h4-7,14-15,25H,8-11H2,1-3H3. The Balaban J connectivity index is 1.78. The van der Waals surface area contributed by atoms with E-state index in [2.05, 4.69) is 0 Å². The van der Waals surface area contributed by atoms with Crippen LogP contribution in [0.25, 0.3) is 0 Å². The van der Waals surface area contributed by atoms with Gasteiger partial charge in [-0.3, -0.25) is 0 Å². The van der Waals surface area contributed by atoms with E-state index >= 15 is 0 Å². The molecule has 0 aromatic heterocycles. The van der Waals surface area contributed by atoms with Crippen molar-refractivity contribution >= 4 is 6.09 Å². The predicted octanol–water partition coefficient (Wildman–Crippen LogP) is 4.45. The van der Waals surface area contributed by atoms with Crippen LogP contribution < -0.4 is 0 Å². The highest BCUT2D eigenvalue weighted by molar-refractivity contribution is 5.69. The second-order valence-electron chi connectivity index (χ2n) is 8.29. The van der Waals surface area contributed by atoms with Crippen molar-refractivity contribution in [1.82, 2.24) is 4.90 Å². The van der Waals surface area contributed by atoms with E-state index in [1.807, 2.05) is 0 Å². The lowest BCUT2D eigenvalue weighted by atomic mass is 9.80. The van der Waals surface area contributed by atoms with Gasteiger partial charge < -0.3 is 14.7 Å². The fourth-order valence-corrected chi connectivity index (χ4v) is 4.04. The number of nitrogens with zero attached hydrogens (tertiary/aromatic N) is 1. The van der Waals surface area contributed by atoms with Crippen molar-refractivity contribution in [2.75, 3.05) is 0 Å². The molecule has 1 aromatic carbocycles. The first kappa shape index (κ1) is 19.0. The molecule has 2 bridgehead atoms. The Hall–Kier alpha value is -1.76. The summed E-state index contributed by atoms with van der Waals surface area (Å²) in [5.74, 6) is 0. The summed E-state index contributed by atoms with van der Waals surface area (Å²) in [6, 6.07) is 4.33. The van der Waals surface area contributed by atoms with Gasteiger partial charge in [-0.25, -0.2) is 4.79 Å². The summed E-state index contributed by atoms with van der Waals surface area (Å²) in [5.41, 5.74) is -2.10. The van der Waals surface area contributed by atoms with Gasteiger partial charge in [0.15, 0.2) is 0 Å². The summed E-state index contributed by atoms with van der Waals surface area (Å²) < 4.78 is 43.7. The highest BCUT2D eigenvalue weighted by Crippen LogP contribution is 2.46. The summed E-state index contributed by atoms with van der Waals surface area (Å²) in [4.78, 5) is 14.2. The minimum Gasteiger partial charge on any atom is -0.444 e. The van der Waals surface area contributed by atoms with Crippen LogP contribution in [0, 0.1) is 0 Å². The molecule has 26 heavy (non-hydrogen) atoms. The smallest absolute Gasteiger partial charge is 0.416 e. The Kier molecular flexibility index (Phi) is 4.50. The molecule has 1 amide bonds. The van der Waals surface area contributed by atoms with E-state index in [9.17, 15) is 23.1 Å². The van der Waals surface area contributed by atoms with E-state index < -0.39 is 22.9 Å². The van der Waals surface area contributed by atoms with E-state index in [0.29, 0.717) is 18.4 Å². The van der Waals surface area contributed by atoms with E-state index in [4.69, 9.17) is 4.74 Å². The van der Waals surface area contributed by atoms with Crippen LogP contribution in [0.4, 0.5) is 18.0 Å². The Morgan fingerprint density at radius 3 is 2.04 bits per heavy atom. The second-order valence-corrected chi connectivity index (χ2v) is 8.29. The first-order chi connectivity index (χ1) is 11.9. The zero-order valence-electron chi connectivity index (χ0n) is 15.1. The molecular formula is C19H24F3NO3. The summed E-state index contributed by atoms with van der Waals surface area (Å²) in [5, 5.41) is 11.1. The summed E-state index contributed by atoms with van der Waals surface area (Å²) in [7, 11) is 0. The minimum absolute atomic E-state index is 0.170. The maximum absolute atomic E-state index is 12.7. The number of hydrogen-bond acceptors (Lipinski definition) is 3. The lowest BCUT2D eigenvalue weighted by molar-refractivity contribution is -0.137. The van der Waals surface area contributed by atoms with Gasteiger partial charge in [0.25, 0.3) is 0 Å². The van der Waals surface area contributed by atoms with Gasteiger partial charge in [0.1, 0.15) is 5.60 Å². The predicted molar refractivity (Wildman–Crippen MR) is 89.5 cm³/mol. The molecule has 2 aliphatic rings. The van der Waals surface area contributed by atoms with E-state index in [-0.39, 0.29) is 18.2 Å². The summed E-state index contributed by atoms with van der Waals surface area (Å²) in [6.45, 7) is 5.40. The molecule has 2 aliphatic heterocycles. The quantitative estimate of drug-likeness (QED) is 0.793. The van der Waals surface area contributed by atoms with E-state index in [1.165, 1.54) is 12.1 Å². The molecular weight excluding hydrogens is 347 g/mol. The maximum Gasteiger partial charge on any atom is 0.416 e. The van der Waals surface area contributed by atoms with Crippen LogP contribution in [0.1, 0.15) is 57.6 Å². The van der Waals surface area contributed by atoms with E-state index in [1.54, 1.807) is 25.7 Å². The zero-order valence-corrected chi connectivity index (χ0v) is 15.1. The van der Waals surface area contributed by atoms with Crippen LogP contribution in [-0.2, 0) is 16.5 Å². The average molecular weight is 371 g/mol. The fourth-order valence-electron chi connectivity index (χ4n) is 4.04. The molecule has 3 rings (SSSR count). The number of ether oxygens (including phenoxy) is 1. The van der Waals surface area contributed by atoms with Crippen LogP contribution in [0.5, 0.6) is 0 Å². The largest absolute Gasteiger partial charge is 0.444 e. The van der Waals surface area contributed by atoms with Crippen LogP contribution in [0.3, 0.4) is 0 Å². The molecule has 4 nitrogen and oxygen atoms in total. The van der Waals surface area contributed by atoms with Crippen molar-refractivity contribution in [2.45, 2.75) is 75.9 Å². The van der Waals surface area contributed by atoms with Gasteiger partial charge in [-0.2, -0.15) is 13.2 Å². The topological polar surface area (TPSA) is 49.8 Å². The lowest BCUT2D eigenvalue weighted by Crippen LogP contribution is -2.53. The first-order valence-electron chi connectivity index (χ1n) is 8.80. The number of rotatable bonds is 1. The molecule has 2 atom stereocenters. The second kappa shape index (κ2) is 6.15. The number of benzene rings is 1. The molecule has 2 unspecified atom stereocenters. The average Bonchev–Trinajstić information content (AvgIpc) is 2.78. The summed E-state index contributed by atoms with van der Waals surface area (Å²) in [6.07, 6.45) is -2.68. The molecule has 2 saturated heterocycles. The third-order valence-corrected chi connectivity index (χ3v) is 5.12. The number of amides is 1. The number of aliphatic hydroxyl groups is 1. The van der Waals surface area contributed by atoms with Crippen LogP contribution in [0.15, 0.2) is 24.3 Å². The summed E-state index contributed by atoms with van der Waals surface area (Å²) >= 11 is 0. The van der Waals surface area contributed by atoms with Crippen LogP contribution in [0.2, 0.25) is 0 Å². The number of fused-ring (bicyclic) bond motifs is 2. The monoisotopic (exact) mass is 371 g/mol. The number of carbonyl (C=O) groups is 1.